The zero-order valence-electron chi connectivity index (χ0n) is 69.5. The van der Waals surface area contributed by atoms with Crippen molar-refractivity contribution in [1.82, 2.24) is 19.9 Å². The molecule has 638 valence electrons. The Bertz CT molecular complexity index is 3320. The van der Waals surface area contributed by atoms with Gasteiger partial charge in [0, 0.05) is 85.5 Å². The maximum Gasteiger partial charge on any atom is 0.123 e. The van der Waals surface area contributed by atoms with Gasteiger partial charge < -0.3 is 109 Å². The average molecular weight is 1600 g/mol. The molecule has 25 heteroatoms. The van der Waals surface area contributed by atoms with E-state index in [2.05, 4.69) is 121 Å². The Labute approximate surface area is 678 Å². The van der Waals surface area contributed by atoms with E-state index in [1.54, 1.807) is 28.4 Å². The van der Waals surface area contributed by atoms with E-state index < -0.39 is 0 Å². The van der Waals surface area contributed by atoms with Gasteiger partial charge in [0.2, 0.25) is 0 Å². The molecule has 0 spiro atoms. The molecule has 0 atom stereocenters. The van der Waals surface area contributed by atoms with Crippen molar-refractivity contribution in [3.05, 3.63) is 107 Å². The highest BCUT2D eigenvalue weighted by molar-refractivity contribution is 5.93. The number of nitrogens with one attached hydrogen (secondary N) is 2. The molecule has 2 aliphatic rings. The van der Waals surface area contributed by atoms with E-state index in [0.29, 0.717) is 238 Å². The highest BCUT2D eigenvalue weighted by Crippen LogP contribution is 2.37. The number of H-pyrrole nitrogens is 2. The van der Waals surface area contributed by atoms with Gasteiger partial charge in [0.25, 0.3) is 0 Å². The molecule has 0 fully saturated rings. The average Bonchev–Trinajstić information content (AvgIpc) is 1.35. The number of nitrogens with zero attached hydrogens (tertiary/aromatic N) is 2. The minimum atomic E-state index is -0.160. The number of fused-ring (bicyclic) bond motifs is 8. The first-order valence-corrected chi connectivity index (χ1v) is 41.6. The number of ether oxygens (including phenoxy) is 21. The largest absolute Gasteiger partial charge is 0.493 e. The molecule has 0 saturated carbocycles. The van der Waals surface area contributed by atoms with Crippen LogP contribution in [0.2, 0.25) is 0 Å². The van der Waals surface area contributed by atoms with E-state index in [0.717, 1.165) is 110 Å². The summed E-state index contributed by atoms with van der Waals surface area (Å²) >= 11 is 0. The summed E-state index contributed by atoms with van der Waals surface area (Å²) < 4.78 is 123. The summed E-state index contributed by atoms with van der Waals surface area (Å²) in [6, 6.07) is 27.5. The lowest BCUT2D eigenvalue weighted by atomic mass is 10.0. The molecule has 2 N–H and O–H groups in total. The van der Waals surface area contributed by atoms with Crippen LogP contribution in [0.15, 0.2) is 78.9 Å². The molecule has 0 unspecified atom stereocenters. The second kappa shape index (κ2) is 63.0. The van der Waals surface area contributed by atoms with Gasteiger partial charge in [-0.3, -0.25) is 0 Å². The van der Waals surface area contributed by atoms with E-state index in [4.69, 9.17) is 109 Å². The first kappa shape index (κ1) is 95.0. The summed E-state index contributed by atoms with van der Waals surface area (Å²) in [5.41, 5.74) is 11.8. The van der Waals surface area contributed by atoms with Crippen LogP contribution in [0.5, 0.6) is 11.5 Å². The highest BCUT2D eigenvalue weighted by Gasteiger charge is 2.20. The molecule has 25 nitrogen and oxygen atoms in total. The molecule has 5 aromatic rings. The van der Waals surface area contributed by atoms with Gasteiger partial charge in [-0.25, -0.2) is 9.97 Å². The number of aromatic nitrogens is 4. The first-order chi connectivity index (χ1) is 56.4. The van der Waals surface area contributed by atoms with Crippen LogP contribution in [0.25, 0.3) is 68.6 Å². The summed E-state index contributed by atoms with van der Waals surface area (Å²) in [7, 11) is 6.60. The van der Waals surface area contributed by atoms with Crippen LogP contribution in [0.3, 0.4) is 0 Å². The molecule has 7 rings (SSSR count). The van der Waals surface area contributed by atoms with Crippen molar-refractivity contribution in [2.45, 2.75) is 97.5 Å². The van der Waals surface area contributed by atoms with Crippen molar-refractivity contribution < 1.29 is 99.5 Å². The van der Waals surface area contributed by atoms with E-state index in [9.17, 15) is 0 Å². The summed E-state index contributed by atoms with van der Waals surface area (Å²) in [6.07, 6.45) is 22.6. The van der Waals surface area contributed by atoms with Gasteiger partial charge in [0.15, 0.2) is 0 Å². The van der Waals surface area contributed by atoms with E-state index in [1.807, 2.05) is 6.07 Å². The molecule has 3 aromatic heterocycles. The van der Waals surface area contributed by atoms with Crippen molar-refractivity contribution in [2.24, 2.45) is 17.8 Å². The Morgan fingerprint density at radius 1 is 0.281 bits per heavy atom. The van der Waals surface area contributed by atoms with Crippen LogP contribution in [-0.2, 0) is 96.6 Å². The molecule has 114 heavy (non-hydrogen) atoms. The smallest absolute Gasteiger partial charge is 0.123 e. The summed E-state index contributed by atoms with van der Waals surface area (Å²) in [6.45, 7) is 20.7. The molecule has 0 saturated heterocycles. The number of aromatic amines is 2. The zero-order valence-corrected chi connectivity index (χ0v) is 69.5. The summed E-state index contributed by atoms with van der Waals surface area (Å²) in [4.78, 5) is 18.1. The molecule has 8 bridgehead atoms. The Balaban J connectivity index is 1.07. The third-order valence-electron chi connectivity index (χ3n) is 18.5. The van der Waals surface area contributed by atoms with E-state index >= 15 is 0 Å². The third-order valence-corrected chi connectivity index (χ3v) is 18.5. The third kappa shape index (κ3) is 41.3. The first-order valence-electron chi connectivity index (χ1n) is 41.6. The fourth-order valence-corrected chi connectivity index (χ4v) is 12.4. The van der Waals surface area contributed by atoms with Gasteiger partial charge in [0.05, 0.1) is 261 Å². The molecule has 0 aliphatic carbocycles. The second-order valence-corrected chi connectivity index (χ2v) is 28.2. The van der Waals surface area contributed by atoms with Crippen molar-refractivity contribution in [3.8, 4) is 33.8 Å². The molecular formula is C89H136N4O21. The Morgan fingerprint density at radius 2 is 0.596 bits per heavy atom. The maximum atomic E-state index is 6.61. The molecule has 0 radical (unpaired) electrons. The van der Waals surface area contributed by atoms with Crippen LogP contribution in [0, 0.1) is 17.8 Å². The Kier molecular flexibility index (Phi) is 52.5. The number of methoxy groups -OCH3 is 4. The number of rotatable bonds is 74. The molecule has 5 heterocycles. The van der Waals surface area contributed by atoms with Crippen LogP contribution < -0.4 is 9.47 Å². The lowest BCUT2D eigenvalue weighted by Gasteiger charge is -2.23. The van der Waals surface area contributed by atoms with Gasteiger partial charge in [-0.05, 0) is 102 Å². The number of benzene rings is 2. The predicted octanol–water partition coefficient (Wildman–Crippen LogP) is 14.7. The monoisotopic (exact) mass is 1600 g/mol. The molecule has 2 aliphatic heterocycles. The Hall–Kier alpha value is -6.12. The maximum absolute atomic E-state index is 6.61. The number of hydrogen-bond donors (Lipinski definition) is 2. The predicted molar refractivity (Wildman–Crippen MR) is 447 cm³/mol. The topological polar surface area (TPSA) is 251 Å². The second-order valence-electron chi connectivity index (χ2n) is 28.2. The minimum Gasteiger partial charge on any atom is -0.493 e. The number of unbranched alkanes of at least 4 members (excludes halogenated alkanes) is 10. The van der Waals surface area contributed by atoms with Crippen molar-refractivity contribution in [1.29, 1.82) is 0 Å². The summed E-state index contributed by atoms with van der Waals surface area (Å²) in [5, 5.41) is 0. The van der Waals surface area contributed by atoms with Crippen molar-refractivity contribution in [3.63, 3.8) is 0 Å². The lowest BCUT2D eigenvalue weighted by Crippen LogP contribution is -2.29. The number of hydrogen-bond acceptors (Lipinski definition) is 23. The van der Waals surface area contributed by atoms with Crippen molar-refractivity contribution in [2.75, 3.05) is 260 Å². The molecule has 0 amide bonds. The highest BCUT2D eigenvalue weighted by atomic mass is 16.6. The van der Waals surface area contributed by atoms with Crippen LogP contribution in [0.4, 0.5) is 0 Å². The normalized spacial score (nSPS) is 12.2. The quantitative estimate of drug-likeness (QED) is 0.0336. The minimum absolute atomic E-state index is 0.0933. The lowest BCUT2D eigenvalue weighted by molar-refractivity contribution is -0.0632. The van der Waals surface area contributed by atoms with Gasteiger partial charge in [-0.15, -0.1) is 0 Å². The van der Waals surface area contributed by atoms with Gasteiger partial charge in [0.1, 0.15) is 11.5 Å². The van der Waals surface area contributed by atoms with Crippen LogP contribution in [-0.4, -0.2) is 280 Å². The fraction of sp³-hybridized carbons (Fsp3) is 0.640. The standard InChI is InChI=1S/C89H136N4O21/c1-7-9-11-13-15-17-31-113-82-57-77(58-83(61-82)114-32-18-16-14-12-10-8-2)89-86-29-25-80(92-86)59-78-23-27-84(90-78)88(85-28-24-79(91-85)60-81-26-30-87(89)93-81)76-21-19-72(20-22-76)62-110-69-75(70-111-67-73(63-106-53-49-102-45-41-98-37-33-94-3)64-107-54-50-103-46-42-99-38-34-95-4)71-112-68-74(65-108-55-51-104-47-43-100-39-35-96-5)66-109-56-52-105-48-44-101-40-36-97-6/h19-30,57-61,73-75,90,93H,7-18,31-56,62-71H2,1-6H3. The van der Waals surface area contributed by atoms with E-state index in [1.165, 1.54) is 51.4 Å². The fourth-order valence-electron chi connectivity index (χ4n) is 12.4. The van der Waals surface area contributed by atoms with Crippen molar-refractivity contribution >= 4 is 46.4 Å². The van der Waals surface area contributed by atoms with E-state index in [-0.39, 0.29) is 17.8 Å². The Morgan fingerprint density at radius 3 is 0.956 bits per heavy atom. The molecule has 2 aromatic carbocycles. The van der Waals surface area contributed by atoms with Crippen LogP contribution in [0.1, 0.15) is 119 Å². The van der Waals surface area contributed by atoms with Gasteiger partial charge in [-0.1, -0.05) is 102 Å². The summed E-state index contributed by atoms with van der Waals surface area (Å²) in [5.74, 6) is 1.24. The van der Waals surface area contributed by atoms with Crippen LogP contribution >= 0.6 is 0 Å². The van der Waals surface area contributed by atoms with Gasteiger partial charge >= 0.3 is 0 Å². The van der Waals surface area contributed by atoms with Gasteiger partial charge in [-0.2, -0.15) is 0 Å². The SMILES string of the molecule is CCCCCCCCOc1cc(OCCCCCCCC)cc(-c2c3nc(cc4ccc([nH]4)c(-c4ccc(COCC(COCC(COCCOCCOCCOC)COCCOCCOCCOC)COCC(COCCOCCOCCOC)COCCOCCOCCOC)cc4)c4nc(cc5ccc2[nH]5)C=C4)C=C3)c1. The zero-order chi connectivity index (χ0) is 80.0. The molecular weight excluding hydrogens is 1460 g/mol.